The Balaban J connectivity index is 2.38. The minimum atomic E-state index is 0.636. The SMILES string of the molecule is c1cc2nc3c(cn2n1)COC3. The molecular formula is C8H7N3O. The standard InChI is InChI=1S/C8H7N3O/c1-2-9-11-3-6-4-12-5-7(6)10-8(1)11/h1-3H,4-5H2. The number of rotatable bonds is 0. The van der Waals surface area contributed by atoms with Crippen LogP contribution in [-0.4, -0.2) is 14.6 Å². The Morgan fingerprint density at radius 1 is 1.42 bits per heavy atom. The molecule has 1 aliphatic rings. The largest absolute Gasteiger partial charge is 0.370 e. The first-order valence-corrected chi connectivity index (χ1v) is 3.83. The molecule has 4 heteroatoms. The summed E-state index contributed by atoms with van der Waals surface area (Å²) < 4.78 is 7.02. The van der Waals surface area contributed by atoms with Crippen molar-refractivity contribution in [3.63, 3.8) is 0 Å². The van der Waals surface area contributed by atoms with Crippen molar-refractivity contribution < 1.29 is 4.74 Å². The van der Waals surface area contributed by atoms with Crippen LogP contribution in [0.2, 0.25) is 0 Å². The average molecular weight is 161 g/mol. The van der Waals surface area contributed by atoms with Crippen LogP contribution in [0.25, 0.3) is 5.65 Å². The van der Waals surface area contributed by atoms with Crippen LogP contribution in [0, 0.1) is 0 Å². The fourth-order valence-electron chi connectivity index (χ4n) is 1.43. The van der Waals surface area contributed by atoms with E-state index in [1.807, 2.05) is 12.3 Å². The third-order valence-electron chi connectivity index (χ3n) is 2.04. The molecule has 4 nitrogen and oxygen atoms in total. The van der Waals surface area contributed by atoms with Crippen LogP contribution in [0.4, 0.5) is 0 Å². The van der Waals surface area contributed by atoms with Crippen LogP contribution >= 0.6 is 0 Å². The lowest BCUT2D eigenvalue weighted by Crippen LogP contribution is -1.95. The van der Waals surface area contributed by atoms with Gasteiger partial charge < -0.3 is 4.74 Å². The maximum Gasteiger partial charge on any atom is 0.155 e. The molecule has 0 amide bonds. The van der Waals surface area contributed by atoms with Crippen molar-refractivity contribution in [3.05, 3.63) is 29.7 Å². The van der Waals surface area contributed by atoms with Crippen LogP contribution in [0.15, 0.2) is 18.5 Å². The van der Waals surface area contributed by atoms with Crippen molar-refractivity contribution >= 4 is 5.65 Å². The van der Waals surface area contributed by atoms with E-state index in [-0.39, 0.29) is 0 Å². The summed E-state index contributed by atoms with van der Waals surface area (Å²) in [5.41, 5.74) is 3.08. The highest BCUT2D eigenvalue weighted by molar-refractivity contribution is 5.39. The van der Waals surface area contributed by atoms with Gasteiger partial charge in [-0.1, -0.05) is 0 Å². The van der Waals surface area contributed by atoms with Gasteiger partial charge in [-0.15, -0.1) is 0 Å². The Labute approximate surface area is 68.8 Å². The van der Waals surface area contributed by atoms with Crippen LogP contribution < -0.4 is 0 Å². The van der Waals surface area contributed by atoms with Crippen molar-refractivity contribution in [2.24, 2.45) is 0 Å². The van der Waals surface area contributed by atoms with Crippen molar-refractivity contribution in [2.45, 2.75) is 13.2 Å². The lowest BCUT2D eigenvalue weighted by atomic mass is 10.3. The van der Waals surface area contributed by atoms with E-state index in [1.54, 1.807) is 10.7 Å². The van der Waals surface area contributed by atoms with Gasteiger partial charge in [-0.25, -0.2) is 9.50 Å². The van der Waals surface area contributed by atoms with Gasteiger partial charge in [-0.2, -0.15) is 5.10 Å². The van der Waals surface area contributed by atoms with Crippen LogP contribution in [-0.2, 0) is 18.0 Å². The molecule has 1 aliphatic heterocycles. The zero-order chi connectivity index (χ0) is 7.97. The molecule has 12 heavy (non-hydrogen) atoms. The smallest absolute Gasteiger partial charge is 0.155 e. The van der Waals surface area contributed by atoms with E-state index in [4.69, 9.17) is 4.74 Å². The first-order valence-electron chi connectivity index (χ1n) is 3.83. The molecule has 2 aromatic heterocycles. The number of nitrogens with zero attached hydrogens (tertiary/aromatic N) is 3. The van der Waals surface area contributed by atoms with E-state index in [0.717, 1.165) is 16.9 Å². The molecule has 0 saturated heterocycles. The first-order chi connectivity index (χ1) is 5.93. The van der Waals surface area contributed by atoms with E-state index in [0.29, 0.717) is 13.2 Å². The Hall–Kier alpha value is -1.42. The second-order valence-corrected chi connectivity index (χ2v) is 2.84. The Bertz CT molecular complexity index is 397. The molecule has 3 rings (SSSR count). The second-order valence-electron chi connectivity index (χ2n) is 2.84. The summed E-state index contributed by atoms with van der Waals surface area (Å²) in [6.07, 6.45) is 3.73. The number of ether oxygens (including phenoxy) is 1. The lowest BCUT2D eigenvalue weighted by Gasteiger charge is -1.96. The summed E-state index contributed by atoms with van der Waals surface area (Å²) in [6.45, 7) is 1.30. The van der Waals surface area contributed by atoms with Crippen molar-refractivity contribution in [3.8, 4) is 0 Å². The summed E-state index contributed by atoms with van der Waals surface area (Å²) in [6, 6.07) is 1.89. The molecule has 2 aromatic rings. The molecule has 60 valence electrons. The topological polar surface area (TPSA) is 39.4 Å². The van der Waals surface area contributed by atoms with E-state index >= 15 is 0 Å². The quantitative estimate of drug-likeness (QED) is 0.572. The maximum absolute atomic E-state index is 5.25. The van der Waals surface area contributed by atoms with Crippen molar-refractivity contribution in [1.82, 2.24) is 14.6 Å². The molecule has 3 heterocycles. The van der Waals surface area contributed by atoms with Gasteiger partial charge in [0.25, 0.3) is 0 Å². The molecule has 0 saturated carbocycles. The highest BCUT2D eigenvalue weighted by Crippen LogP contribution is 2.17. The van der Waals surface area contributed by atoms with Crippen LogP contribution in [0.1, 0.15) is 11.3 Å². The van der Waals surface area contributed by atoms with Gasteiger partial charge in [0.2, 0.25) is 0 Å². The van der Waals surface area contributed by atoms with Crippen LogP contribution in [0.3, 0.4) is 0 Å². The first kappa shape index (κ1) is 6.14. The van der Waals surface area contributed by atoms with E-state index in [2.05, 4.69) is 10.1 Å². The Kier molecular flexibility index (Phi) is 1.04. The maximum atomic E-state index is 5.25. The third-order valence-corrected chi connectivity index (χ3v) is 2.04. The van der Waals surface area contributed by atoms with E-state index in [1.165, 1.54) is 0 Å². The van der Waals surface area contributed by atoms with Gasteiger partial charge in [-0.05, 0) is 0 Å². The number of aromatic nitrogens is 3. The molecular weight excluding hydrogens is 154 g/mol. The fourth-order valence-corrected chi connectivity index (χ4v) is 1.43. The number of fused-ring (bicyclic) bond motifs is 2. The Morgan fingerprint density at radius 3 is 3.42 bits per heavy atom. The lowest BCUT2D eigenvalue weighted by molar-refractivity contribution is 0.133. The predicted molar refractivity (Wildman–Crippen MR) is 41.5 cm³/mol. The van der Waals surface area contributed by atoms with Gasteiger partial charge >= 0.3 is 0 Å². The molecule has 0 radical (unpaired) electrons. The molecule has 0 spiro atoms. The molecule has 0 fully saturated rings. The number of hydrogen-bond acceptors (Lipinski definition) is 3. The molecule has 0 unspecified atom stereocenters. The highest BCUT2D eigenvalue weighted by atomic mass is 16.5. The Morgan fingerprint density at radius 2 is 2.42 bits per heavy atom. The van der Waals surface area contributed by atoms with Crippen molar-refractivity contribution in [1.29, 1.82) is 0 Å². The summed E-state index contributed by atoms with van der Waals surface area (Å²) in [4.78, 5) is 4.39. The number of hydrogen-bond donors (Lipinski definition) is 0. The fraction of sp³-hybridized carbons (Fsp3) is 0.250. The zero-order valence-electron chi connectivity index (χ0n) is 6.40. The molecule has 0 bridgehead atoms. The summed E-state index contributed by atoms with van der Waals surface area (Å²) in [5, 5.41) is 4.09. The summed E-state index contributed by atoms with van der Waals surface area (Å²) >= 11 is 0. The van der Waals surface area contributed by atoms with Gasteiger partial charge in [0, 0.05) is 17.8 Å². The second kappa shape index (κ2) is 2.04. The molecule has 0 atom stereocenters. The normalized spacial score (nSPS) is 15.3. The molecule has 0 N–H and O–H groups in total. The minimum absolute atomic E-state index is 0.636. The summed E-state index contributed by atoms with van der Waals surface area (Å²) in [7, 11) is 0. The highest BCUT2D eigenvalue weighted by Gasteiger charge is 2.13. The predicted octanol–water partition coefficient (Wildman–Crippen LogP) is 0.759. The monoisotopic (exact) mass is 161 g/mol. The zero-order valence-corrected chi connectivity index (χ0v) is 6.40. The molecule has 0 aromatic carbocycles. The van der Waals surface area contributed by atoms with E-state index < -0.39 is 0 Å². The van der Waals surface area contributed by atoms with Crippen molar-refractivity contribution in [2.75, 3.05) is 0 Å². The van der Waals surface area contributed by atoms with Gasteiger partial charge in [0.05, 0.1) is 25.1 Å². The molecule has 0 aliphatic carbocycles. The minimum Gasteiger partial charge on any atom is -0.370 e. The van der Waals surface area contributed by atoms with Crippen LogP contribution in [0.5, 0.6) is 0 Å². The summed E-state index contributed by atoms with van der Waals surface area (Å²) in [5.74, 6) is 0. The van der Waals surface area contributed by atoms with Gasteiger partial charge in [0.1, 0.15) is 0 Å². The third kappa shape index (κ3) is 0.698. The van der Waals surface area contributed by atoms with E-state index in [9.17, 15) is 0 Å². The average Bonchev–Trinajstić information content (AvgIpc) is 2.64. The van der Waals surface area contributed by atoms with Gasteiger partial charge in [-0.3, -0.25) is 0 Å². The van der Waals surface area contributed by atoms with Gasteiger partial charge in [0.15, 0.2) is 5.65 Å².